The van der Waals surface area contributed by atoms with Crippen molar-refractivity contribution in [2.24, 2.45) is 5.92 Å². The number of anilines is 1. The highest BCUT2D eigenvalue weighted by Gasteiger charge is 2.44. The Hall–Kier alpha value is -2.25. The van der Waals surface area contributed by atoms with Crippen LogP contribution in [0.4, 0.5) is 18.3 Å². The smallest absolute Gasteiger partial charge is 0.381 e. The number of nitrogens with zero attached hydrogens (tertiary/aromatic N) is 3. The first-order valence-corrected chi connectivity index (χ1v) is 12.9. The first-order chi connectivity index (χ1) is 15.4. The highest BCUT2D eigenvalue weighted by Crippen LogP contribution is 2.31. The summed E-state index contributed by atoms with van der Waals surface area (Å²) in [6.07, 6.45) is -1.23. The molecule has 0 aliphatic carbocycles. The summed E-state index contributed by atoms with van der Waals surface area (Å²) in [6, 6.07) is 1.44. The molecule has 3 heterocycles. The minimum Gasteiger partial charge on any atom is -0.381 e. The molecule has 0 bridgehead atoms. The third-order valence-electron chi connectivity index (χ3n) is 5.51. The van der Waals surface area contributed by atoms with E-state index in [9.17, 15) is 31.2 Å². The first-order valence-electron chi connectivity index (χ1n) is 10.2. The fourth-order valence-electron chi connectivity index (χ4n) is 3.95. The Morgan fingerprint density at radius 1 is 1.33 bits per heavy atom. The average molecular weight is 508 g/mol. The summed E-state index contributed by atoms with van der Waals surface area (Å²) in [5.41, 5.74) is -0.385. The third kappa shape index (κ3) is 6.21. The number of hydrogen-bond acceptors (Lipinski definition) is 7. The number of halogens is 3. The molecule has 8 nitrogen and oxygen atoms in total. The van der Waals surface area contributed by atoms with Crippen LogP contribution in [0.2, 0.25) is 0 Å². The lowest BCUT2D eigenvalue weighted by atomic mass is 9.92. The van der Waals surface area contributed by atoms with E-state index in [0.29, 0.717) is 37.4 Å². The summed E-state index contributed by atoms with van der Waals surface area (Å²) in [7, 11) is -3.66. The quantitative estimate of drug-likeness (QED) is 0.572. The Balaban J connectivity index is 2.06. The predicted molar refractivity (Wildman–Crippen MR) is 116 cm³/mol. The summed E-state index contributed by atoms with van der Waals surface area (Å²) >= 11 is 0.880. The van der Waals surface area contributed by atoms with Gasteiger partial charge in [-0.2, -0.15) is 13.2 Å². The van der Waals surface area contributed by atoms with Gasteiger partial charge in [0.05, 0.1) is 10.9 Å². The maximum absolute atomic E-state index is 13.4. The van der Waals surface area contributed by atoms with Gasteiger partial charge in [0.25, 0.3) is 5.56 Å². The molecule has 1 aliphatic heterocycles. The second kappa shape index (κ2) is 9.94. The number of sulfone groups is 1. The average Bonchev–Trinajstić information content (AvgIpc) is 3.24. The van der Waals surface area contributed by atoms with Crippen LogP contribution in [0.1, 0.15) is 31.0 Å². The molecule has 2 aromatic heterocycles. The highest BCUT2D eigenvalue weighted by atomic mass is 32.2. The number of alkyl halides is 3. The monoisotopic (exact) mass is 507 g/mol. The molecular weight excluding hydrogens is 483 g/mol. The van der Waals surface area contributed by atoms with Crippen LogP contribution in [0.25, 0.3) is 0 Å². The lowest BCUT2D eigenvalue weighted by molar-refractivity contribution is -0.170. The van der Waals surface area contributed by atoms with E-state index >= 15 is 0 Å². The van der Waals surface area contributed by atoms with Gasteiger partial charge in [-0.15, -0.1) is 11.3 Å². The van der Waals surface area contributed by atoms with Crippen LogP contribution in [-0.4, -0.2) is 56.1 Å². The number of carbonyl (C=O) groups is 1. The minimum absolute atomic E-state index is 0.0590. The van der Waals surface area contributed by atoms with Crippen molar-refractivity contribution in [3.63, 3.8) is 0 Å². The van der Waals surface area contributed by atoms with Crippen LogP contribution in [0.15, 0.2) is 33.4 Å². The van der Waals surface area contributed by atoms with E-state index in [0.717, 1.165) is 23.7 Å². The van der Waals surface area contributed by atoms with Gasteiger partial charge in [-0.3, -0.25) is 14.5 Å². The van der Waals surface area contributed by atoms with Crippen LogP contribution in [0.3, 0.4) is 0 Å². The van der Waals surface area contributed by atoms with Gasteiger partial charge in [-0.25, -0.2) is 13.4 Å². The number of ether oxygens (including phenoxy) is 1. The Labute approximate surface area is 192 Å². The number of pyridine rings is 1. The maximum atomic E-state index is 13.4. The molecule has 3 rings (SSSR count). The number of rotatable bonds is 7. The topological polar surface area (TPSA) is 98.6 Å². The zero-order chi connectivity index (χ0) is 24.4. The number of hydrogen-bond donors (Lipinski definition) is 0. The van der Waals surface area contributed by atoms with Crippen molar-refractivity contribution in [1.82, 2.24) is 9.55 Å². The van der Waals surface area contributed by atoms with Crippen molar-refractivity contribution in [3.8, 4) is 0 Å². The third-order valence-corrected chi connectivity index (χ3v) is 7.39. The fourth-order valence-corrected chi connectivity index (χ4v) is 5.30. The predicted octanol–water partition coefficient (Wildman–Crippen LogP) is 2.97. The van der Waals surface area contributed by atoms with Crippen LogP contribution in [0.5, 0.6) is 0 Å². The second-order valence-electron chi connectivity index (χ2n) is 7.99. The second-order valence-corrected chi connectivity index (χ2v) is 10.9. The van der Waals surface area contributed by atoms with Crippen LogP contribution in [0, 0.1) is 12.8 Å². The molecule has 1 atom stereocenters. The van der Waals surface area contributed by atoms with Crippen molar-refractivity contribution in [2.45, 2.75) is 43.3 Å². The Kier molecular flexibility index (Phi) is 7.64. The van der Waals surface area contributed by atoms with Gasteiger partial charge >= 0.3 is 12.1 Å². The molecule has 0 aromatic carbocycles. The summed E-state index contributed by atoms with van der Waals surface area (Å²) in [5, 5.41) is 1.32. The summed E-state index contributed by atoms with van der Waals surface area (Å²) in [4.78, 5) is 29.5. The minimum atomic E-state index is -5.13. The van der Waals surface area contributed by atoms with Crippen molar-refractivity contribution in [2.75, 3.05) is 30.9 Å². The van der Waals surface area contributed by atoms with Crippen LogP contribution in [-0.2, 0) is 19.4 Å². The van der Waals surface area contributed by atoms with E-state index in [1.165, 1.54) is 29.1 Å². The van der Waals surface area contributed by atoms with Gasteiger partial charge < -0.3 is 9.30 Å². The Bertz CT molecular complexity index is 1140. The normalized spacial score (nSPS) is 16.5. The molecule has 0 N–H and O–H groups in total. The lowest BCUT2D eigenvalue weighted by Crippen LogP contribution is -2.46. The molecule has 1 saturated heterocycles. The molecule has 33 heavy (non-hydrogen) atoms. The molecule has 2 aromatic rings. The molecule has 1 unspecified atom stereocenters. The summed E-state index contributed by atoms with van der Waals surface area (Å²) in [5.74, 6) is -2.02. The molecule has 1 fully saturated rings. The number of carbonyl (C=O) groups excluding carboxylic acids is 1. The molecular formula is C20H24F3N3O5S2. The zero-order valence-electron chi connectivity index (χ0n) is 18.0. The van der Waals surface area contributed by atoms with Crippen LogP contribution < -0.4 is 10.5 Å². The van der Waals surface area contributed by atoms with E-state index in [4.69, 9.17) is 4.74 Å². The number of aromatic nitrogens is 2. The Morgan fingerprint density at radius 3 is 2.52 bits per heavy atom. The molecule has 13 heteroatoms. The van der Waals surface area contributed by atoms with E-state index in [2.05, 4.69) is 4.98 Å². The van der Waals surface area contributed by atoms with Crippen molar-refractivity contribution in [1.29, 1.82) is 0 Å². The molecule has 0 saturated carbocycles. The molecule has 0 radical (unpaired) electrons. The number of thiazole rings is 1. The van der Waals surface area contributed by atoms with Gasteiger partial charge in [-0.1, -0.05) is 0 Å². The van der Waals surface area contributed by atoms with Crippen LogP contribution >= 0.6 is 11.3 Å². The summed E-state index contributed by atoms with van der Waals surface area (Å²) in [6.45, 7) is 2.07. The molecule has 1 aliphatic rings. The van der Waals surface area contributed by atoms with Crippen molar-refractivity contribution in [3.05, 3.63) is 39.8 Å². The van der Waals surface area contributed by atoms with Crippen molar-refractivity contribution >= 4 is 32.2 Å². The van der Waals surface area contributed by atoms with Gasteiger partial charge in [-0.05, 0) is 38.2 Å². The van der Waals surface area contributed by atoms with E-state index < -0.39 is 40.1 Å². The summed E-state index contributed by atoms with van der Waals surface area (Å²) < 4.78 is 70.6. The maximum Gasteiger partial charge on any atom is 0.471 e. The Morgan fingerprint density at radius 2 is 2.00 bits per heavy atom. The van der Waals surface area contributed by atoms with E-state index in [-0.39, 0.29) is 21.6 Å². The van der Waals surface area contributed by atoms with Gasteiger partial charge in [0, 0.05) is 49.4 Å². The zero-order valence-corrected chi connectivity index (χ0v) is 19.7. The van der Waals surface area contributed by atoms with E-state index in [1.54, 1.807) is 0 Å². The van der Waals surface area contributed by atoms with E-state index in [1.807, 2.05) is 0 Å². The van der Waals surface area contributed by atoms with Gasteiger partial charge in [0.1, 0.15) is 0 Å². The number of amides is 1. The fraction of sp³-hybridized carbons (Fsp3) is 0.550. The van der Waals surface area contributed by atoms with Crippen molar-refractivity contribution < 1.29 is 31.1 Å². The highest BCUT2D eigenvalue weighted by molar-refractivity contribution is 7.90. The molecule has 182 valence electrons. The first kappa shape index (κ1) is 25.4. The molecule has 1 amide bonds. The number of aryl methyl sites for hydroxylation is 1. The lowest BCUT2D eigenvalue weighted by Gasteiger charge is -2.32. The largest absolute Gasteiger partial charge is 0.471 e. The molecule has 0 spiro atoms. The van der Waals surface area contributed by atoms with Gasteiger partial charge in [0.2, 0.25) is 0 Å². The van der Waals surface area contributed by atoms with Gasteiger partial charge in [0.15, 0.2) is 15.0 Å². The standard InChI is InChI=1S/C20H24F3N3O5S2/c1-13-9-16(33(2,29)30)11-17(27)26(13)15(10-14-3-6-31-7-4-14)12-25(18(28)20(21,22)23)19-24-5-8-32-19/h5,8-9,11,14-15H,3-4,6-7,10,12H2,1-2H3. The SMILES string of the molecule is Cc1cc(S(C)(=O)=O)cc(=O)n1C(CC1CCOCC1)CN(C(=O)C(F)(F)F)c1nccs1.